The normalized spacial score (nSPS) is 21.5. The van der Waals surface area contributed by atoms with Crippen molar-refractivity contribution in [3.8, 4) is 0 Å². The summed E-state index contributed by atoms with van der Waals surface area (Å²) in [6, 6.07) is -0.242. The standard InChI is InChI=1S/C13H25NO/c1-10(13(14)11(2)15)6-5-9-12-7-3-4-8-12/h10,12-13H,3-9,14H2,1-2H3. The fraction of sp³-hybridized carbons (Fsp3) is 0.923. The van der Waals surface area contributed by atoms with Crippen LogP contribution in [0.25, 0.3) is 0 Å². The number of nitrogens with two attached hydrogens (primary N) is 1. The Morgan fingerprint density at radius 1 is 1.40 bits per heavy atom. The summed E-state index contributed by atoms with van der Waals surface area (Å²) in [4.78, 5) is 11.1. The smallest absolute Gasteiger partial charge is 0.146 e. The van der Waals surface area contributed by atoms with Gasteiger partial charge in [0.05, 0.1) is 6.04 Å². The number of rotatable bonds is 6. The van der Waals surface area contributed by atoms with Crippen molar-refractivity contribution in [1.29, 1.82) is 0 Å². The molecule has 1 saturated carbocycles. The molecule has 1 aliphatic rings. The first-order chi connectivity index (χ1) is 7.11. The summed E-state index contributed by atoms with van der Waals surface area (Å²) < 4.78 is 0. The molecular weight excluding hydrogens is 186 g/mol. The molecule has 0 aromatic carbocycles. The molecule has 2 atom stereocenters. The lowest BCUT2D eigenvalue weighted by molar-refractivity contribution is -0.119. The molecule has 0 spiro atoms. The number of carbonyl (C=O) groups excluding carboxylic acids is 1. The summed E-state index contributed by atoms with van der Waals surface area (Å²) >= 11 is 0. The van der Waals surface area contributed by atoms with Crippen LogP contribution in [-0.2, 0) is 4.79 Å². The van der Waals surface area contributed by atoms with Gasteiger partial charge in [-0.25, -0.2) is 0 Å². The van der Waals surface area contributed by atoms with Crippen molar-refractivity contribution in [2.45, 2.75) is 64.8 Å². The number of Topliss-reactive ketones (excluding diaryl/α,β-unsaturated/α-hetero) is 1. The van der Waals surface area contributed by atoms with E-state index < -0.39 is 0 Å². The van der Waals surface area contributed by atoms with Crippen molar-refractivity contribution in [3.05, 3.63) is 0 Å². The van der Waals surface area contributed by atoms with Gasteiger partial charge in [-0.1, -0.05) is 45.4 Å². The molecule has 0 aromatic heterocycles. The number of carbonyl (C=O) groups is 1. The van der Waals surface area contributed by atoms with E-state index in [9.17, 15) is 4.79 Å². The Bertz CT molecular complexity index is 197. The first kappa shape index (κ1) is 12.7. The minimum atomic E-state index is -0.242. The lowest BCUT2D eigenvalue weighted by atomic mass is 9.91. The molecule has 0 heterocycles. The first-order valence-corrected chi connectivity index (χ1v) is 6.37. The monoisotopic (exact) mass is 211 g/mol. The van der Waals surface area contributed by atoms with E-state index in [1.54, 1.807) is 6.92 Å². The van der Waals surface area contributed by atoms with E-state index in [-0.39, 0.29) is 11.8 Å². The van der Waals surface area contributed by atoms with Gasteiger partial charge in [0.25, 0.3) is 0 Å². The maximum Gasteiger partial charge on any atom is 0.146 e. The number of ketones is 1. The van der Waals surface area contributed by atoms with Gasteiger partial charge in [0.1, 0.15) is 5.78 Å². The van der Waals surface area contributed by atoms with Crippen LogP contribution in [0.1, 0.15) is 58.8 Å². The Kier molecular flexibility index (Phi) is 5.30. The average molecular weight is 211 g/mol. The molecule has 88 valence electrons. The van der Waals surface area contributed by atoms with Gasteiger partial charge in [0, 0.05) is 0 Å². The highest BCUT2D eigenvalue weighted by molar-refractivity contribution is 5.81. The van der Waals surface area contributed by atoms with Crippen molar-refractivity contribution in [2.75, 3.05) is 0 Å². The van der Waals surface area contributed by atoms with Crippen molar-refractivity contribution in [2.24, 2.45) is 17.6 Å². The van der Waals surface area contributed by atoms with Gasteiger partial charge >= 0.3 is 0 Å². The van der Waals surface area contributed by atoms with Crippen LogP contribution in [0.3, 0.4) is 0 Å². The number of hydrogen-bond donors (Lipinski definition) is 1. The zero-order valence-electron chi connectivity index (χ0n) is 10.2. The van der Waals surface area contributed by atoms with Crippen LogP contribution in [0.4, 0.5) is 0 Å². The summed E-state index contributed by atoms with van der Waals surface area (Å²) in [7, 11) is 0. The second-order valence-corrected chi connectivity index (χ2v) is 5.20. The summed E-state index contributed by atoms with van der Waals surface area (Å²) in [5, 5.41) is 0. The average Bonchev–Trinajstić information content (AvgIpc) is 2.69. The van der Waals surface area contributed by atoms with E-state index in [0.29, 0.717) is 5.92 Å². The molecule has 0 aromatic rings. The molecule has 1 fully saturated rings. The second-order valence-electron chi connectivity index (χ2n) is 5.20. The summed E-state index contributed by atoms with van der Waals surface area (Å²) in [6.07, 6.45) is 9.39. The van der Waals surface area contributed by atoms with Gasteiger partial charge in [0.2, 0.25) is 0 Å². The van der Waals surface area contributed by atoms with Crippen LogP contribution in [0.15, 0.2) is 0 Å². The zero-order chi connectivity index (χ0) is 11.3. The van der Waals surface area contributed by atoms with Crippen LogP contribution in [0.5, 0.6) is 0 Å². The summed E-state index contributed by atoms with van der Waals surface area (Å²) in [6.45, 7) is 3.69. The Balaban J connectivity index is 2.10. The highest BCUT2D eigenvalue weighted by Crippen LogP contribution is 2.29. The maximum atomic E-state index is 11.1. The molecule has 2 nitrogen and oxygen atoms in total. The van der Waals surface area contributed by atoms with Crippen LogP contribution in [0.2, 0.25) is 0 Å². The lowest BCUT2D eigenvalue weighted by Crippen LogP contribution is -2.35. The van der Waals surface area contributed by atoms with Gasteiger partial charge in [-0.05, 0) is 25.2 Å². The summed E-state index contributed by atoms with van der Waals surface area (Å²) in [5.41, 5.74) is 5.80. The molecule has 0 bridgehead atoms. The molecule has 1 rings (SSSR count). The minimum absolute atomic E-state index is 0.128. The highest BCUT2D eigenvalue weighted by Gasteiger charge is 2.18. The van der Waals surface area contributed by atoms with Crippen LogP contribution < -0.4 is 5.73 Å². The van der Waals surface area contributed by atoms with Gasteiger partial charge in [0.15, 0.2) is 0 Å². The Labute approximate surface area is 93.6 Å². The Morgan fingerprint density at radius 2 is 2.00 bits per heavy atom. The minimum Gasteiger partial charge on any atom is -0.321 e. The van der Waals surface area contributed by atoms with E-state index in [1.807, 2.05) is 0 Å². The third-order valence-corrected chi connectivity index (χ3v) is 3.83. The maximum absolute atomic E-state index is 11.1. The topological polar surface area (TPSA) is 43.1 Å². The molecule has 2 unspecified atom stereocenters. The van der Waals surface area contributed by atoms with Gasteiger partial charge in [-0.3, -0.25) is 4.79 Å². The van der Waals surface area contributed by atoms with E-state index >= 15 is 0 Å². The molecule has 0 saturated heterocycles. The van der Waals surface area contributed by atoms with Gasteiger partial charge < -0.3 is 5.73 Å². The molecule has 1 aliphatic carbocycles. The van der Waals surface area contributed by atoms with Crippen LogP contribution in [0, 0.1) is 11.8 Å². The second kappa shape index (κ2) is 6.26. The van der Waals surface area contributed by atoms with Crippen molar-refractivity contribution < 1.29 is 4.79 Å². The summed E-state index contributed by atoms with van der Waals surface area (Å²) in [5.74, 6) is 1.44. The Hall–Kier alpha value is -0.370. The predicted molar refractivity (Wildman–Crippen MR) is 63.6 cm³/mol. The fourth-order valence-corrected chi connectivity index (χ4v) is 2.61. The van der Waals surface area contributed by atoms with Crippen molar-refractivity contribution in [1.82, 2.24) is 0 Å². The van der Waals surface area contributed by atoms with Crippen LogP contribution >= 0.6 is 0 Å². The van der Waals surface area contributed by atoms with Crippen molar-refractivity contribution in [3.63, 3.8) is 0 Å². The largest absolute Gasteiger partial charge is 0.321 e. The molecule has 0 amide bonds. The molecule has 0 aliphatic heterocycles. The molecular formula is C13H25NO. The van der Waals surface area contributed by atoms with E-state index in [1.165, 1.54) is 38.5 Å². The predicted octanol–water partition coefficient (Wildman–Crippen LogP) is 2.90. The van der Waals surface area contributed by atoms with Crippen LogP contribution in [-0.4, -0.2) is 11.8 Å². The molecule has 15 heavy (non-hydrogen) atoms. The van der Waals surface area contributed by atoms with Gasteiger partial charge in [-0.15, -0.1) is 0 Å². The van der Waals surface area contributed by atoms with Gasteiger partial charge in [-0.2, -0.15) is 0 Å². The number of hydrogen-bond acceptors (Lipinski definition) is 2. The molecule has 2 heteroatoms. The molecule has 0 radical (unpaired) electrons. The van der Waals surface area contributed by atoms with E-state index in [4.69, 9.17) is 5.73 Å². The Morgan fingerprint density at radius 3 is 2.53 bits per heavy atom. The first-order valence-electron chi connectivity index (χ1n) is 6.37. The third-order valence-electron chi connectivity index (χ3n) is 3.83. The lowest BCUT2D eigenvalue weighted by Gasteiger charge is -2.17. The SMILES string of the molecule is CC(=O)C(N)C(C)CCCC1CCCC1. The fourth-order valence-electron chi connectivity index (χ4n) is 2.61. The van der Waals surface area contributed by atoms with Crippen molar-refractivity contribution >= 4 is 5.78 Å². The highest BCUT2D eigenvalue weighted by atomic mass is 16.1. The van der Waals surface area contributed by atoms with E-state index in [2.05, 4.69) is 6.92 Å². The molecule has 2 N–H and O–H groups in total. The zero-order valence-corrected chi connectivity index (χ0v) is 10.2. The third kappa shape index (κ3) is 4.33. The quantitative estimate of drug-likeness (QED) is 0.734. The van der Waals surface area contributed by atoms with E-state index in [0.717, 1.165) is 12.3 Å².